The molecule has 0 fully saturated rings. The van der Waals surface area contributed by atoms with Crippen LogP contribution in [0.3, 0.4) is 0 Å². The second-order valence-electron chi connectivity index (χ2n) is 5.34. The summed E-state index contributed by atoms with van der Waals surface area (Å²) in [6, 6.07) is 15.2. The van der Waals surface area contributed by atoms with E-state index in [1.165, 1.54) is 11.3 Å². The highest BCUT2D eigenvalue weighted by molar-refractivity contribution is 7.14. The van der Waals surface area contributed by atoms with Gasteiger partial charge >= 0.3 is 0 Å². The number of aromatic nitrogens is 1. The molecule has 1 aromatic heterocycles. The lowest BCUT2D eigenvalue weighted by atomic mass is 10.1. The molecule has 0 bridgehead atoms. The molecule has 1 amide bonds. The molecule has 0 radical (unpaired) electrons. The van der Waals surface area contributed by atoms with Crippen LogP contribution in [0.1, 0.15) is 5.56 Å². The molecule has 5 nitrogen and oxygen atoms in total. The van der Waals surface area contributed by atoms with Crippen molar-refractivity contribution in [3.05, 3.63) is 59.5 Å². The normalized spacial score (nSPS) is 10.3. The fraction of sp³-hybridized carbons (Fsp3) is 0.158. The van der Waals surface area contributed by atoms with E-state index in [9.17, 15) is 4.79 Å². The maximum Gasteiger partial charge on any atom is 0.264 e. The Kier molecular flexibility index (Phi) is 5.30. The summed E-state index contributed by atoms with van der Waals surface area (Å²) in [7, 11) is 1.62. The Labute approximate surface area is 150 Å². The number of amides is 1. The molecule has 0 spiro atoms. The van der Waals surface area contributed by atoms with Gasteiger partial charge in [0.1, 0.15) is 11.5 Å². The highest BCUT2D eigenvalue weighted by Crippen LogP contribution is 2.31. The maximum atomic E-state index is 12.1. The quantitative estimate of drug-likeness (QED) is 0.722. The summed E-state index contributed by atoms with van der Waals surface area (Å²) in [5, 5.41) is 5.17. The van der Waals surface area contributed by atoms with Gasteiger partial charge in [0.15, 0.2) is 11.7 Å². The topological polar surface area (TPSA) is 60.5 Å². The molecule has 1 N–H and O–H groups in total. The Hall–Kier alpha value is -2.86. The predicted molar refractivity (Wildman–Crippen MR) is 99.4 cm³/mol. The van der Waals surface area contributed by atoms with Crippen LogP contribution in [0.5, 0.6) is 11.5 Å². The molecule has 0 aliphatic rings. The number of rotatable bonds is 6. The van der Waals surface area contributed by atoms with Crippen LogP contribution in [0.25, 0.3) is 11.3 Å². The van der Waals surface area contributed by atoms with Crippen molar-refractivity contribution in [1.82, 2.24) is 4.98 Å². The SMILES string of the molecule is COc1ccccc1-c1csc(NC(=O)COc2ccccc2C)n1. The summed E-state index contributed by atoms with van der Waals surface area (Å²) in [5.74, 6) is 1.20. The maximum absolute atomic E-state index is 12.1. The third-order valence-electron chi connectivity index (χ3n) is 3.59. The molecule has 0 atom stereocenters. The van der Waals surface area contributed by atoms with Crippen molar-refractivity contribution in [3.8, 4) is 22.8 Å². The number of thiazole rings is 1. The molecule has 128 valence electrons. The van der Waals surface area contributed by atoms with Crippen LogP contribution in [-0.2, 0) is 4.79 Å². The van der Waals surface area contributed by atoms with Crippen molar-refractivity contribution in [2.24, 2.45) is 0 Å². The molecule has 0 unspecified atom stereocenters. The van der Waals surface area contributed by atoms with Gasteiger partial charge in [-0.15, -0.1) is 11.3 Å². The van der Waals surface area contributed by atoms with E-state index in [0.717, 1.165) is 22.6 Å². The molecule has 0 aliphatic heterocycles. The Bertz CT molecular complexity index is 876. The zero-order chi connectivity index (χ0) is 17.6. The van der Waals surface area contributed by atoms with E-state index in [0.29, 0.717) is 10.9 Å². The van der Waals surface area contributed by atoms with Gasteiger partial charge in [0.05, 0.1) is 12.8 Å². The number of methoxy groups -OCH3 is 1. The van der Waals surface area contributed by atoms with Crippen LogP contribution in [0.2, 0.25) is 0 Å². The lowest BCUT2D eigenvalue weighted by Gasteiger charge is -2.08. The van der Waals surface area contributed by atoms with Crippen molar-refractivity contribution in [1.29, 1.82) is 0 Å². The molecular formula is C19H18N2O3S. The molecule has 6 heteroatoms. The smallest absolute Gasteiger partial charge is 0.264 e. The van der Waals surface area contributed by atoms with E-state index < -0.39 is 0 Å². The van der Waals surface area contributed by atoms with Crippen molar-refractivity contribution < 1.29 is 14.3 Å². The zero-order valence-electron chi connectivity index (χ0n) is 14.0. The third-order valence-corrected chi connectivity index (χ3v) is 4.34. The monoisotopic (exact) mass is 354 g/mol. The number of carbonyl (C=O) groups excluding carboxylic acids is 1. The Morgan fingerprint density at radius 2 is 1.84 bits per heavy atom. The molecule has 25 heavy (non-hydrogen) atoms. The third kappa shape index (κ3) is 4.16. The lowest BCUT2D eigenvalue weighted by molar-refractivity contribution is -0.118. The number of hydrogen-bond donors (Lipinski definition) is 1. The van der Waals surface area contributed by atoms with E-state index in [-0.39, 0.29) is 12.5 Å². The molecule has 3 aromatic rings. The number of nitrogens with one attached hydrogen (secondary N) is 1. The average Bonchev–Trinajstić information content (AvgIpc) is 3.09. The predicted octanol–water partition coefficient (Wildman–Crippen LogP) is 4.14. The Morgan fingerprint density at radius 1 is 1.12 bits per heavy atom. The van der Waals surface area contributed by atoms with E-state index in [1.807, 2.05) is 60.8 Å². The van der Waals surface area contributed by atoms with Crippen LogP contribution in [0.4, 0.5) is 5.13 Å². The Balaban J connectivity index is 1.63. The van der Waals surface area contributed by atoms with Crippen LogP contribution < -0.4 is 14.8 Å². The van der Waals surface area contributed by atoms with Gasteiger partial charge in [0.2, 0.25) is 0 Å². The number of para-hydroxylation sites is 2. The summed E-state index contributed by atoms with van der Waals surface area (Å²) < 4.78 is 10.9. The molecule has 2 aromatic carbocycles. The molecule has 0 aliphatic carbocycles. The minimum atomic E-state index is -0.246. The summed E-state index contributed by atoms with van der Waals surface area (Å²) in [4.78, 5) is 16.5. The lowest BCUT2D eigenvalue weighted by Crippen LogP contribution is -2.20. The van der Waals surface area contributed by atoms with Gasteiger partial charge in [-0.25, -0.2) is 4.98 Å². The van der Waals surface area contributed by atoms with Gasteiger partial charge in [-0.1, -0.05) is 30.3 Å². The van der Waals surface area contributed by atoms with Gasteiger partial charge in [0, 0.05) is 10.9 Å². The van der Waals surface area contributed by atoms with Gasteiger partial charge in [-0.05, 0) is 30.7 Å². The first-order valence-corrected chi connectivity index (χ1v) is 8.62. The largest absolute Gasteiger partial charge is 0.496 e. The molecule has 3 rings (SSSR count). The molecular weight excluding hydrogens is 336 g/mol. The van der Waals surface area contributed by atoms with Crippen LogP contribution in [0.15, 0.2) is 53.9 Å². The van der Waals surface area contributed by atoms with Crippen molar-refractivity contribution >= 4 is 22.4 Å². The number of anilines is 1. The minimum Gasteiger partial charge on any atom is -0.496 e. The van der Waals surface area contributed by atoms with Crippen LogP contribution >= 0.6 is 11.3 Å². The number of hydrogen-bond acceptors (Lipinski definition) is 5. The zero-order valence-corrected chi connectivity index (χ0v) is 14.8. The van der Waals surface area contributed by atoms with E-state index in [4.69, 9.17) is 9.47 Å². The standard InChI is InChI=1S/C19H18N2O3S/c1-13-7-3-5-9-16(13)24-11-18(22)21-19-20-15(12-25-19)14-8-4-6-10-17(14)23-2/h3-10,12H,11H2,1-2H3,(H,20,21,22). The number of carbonyl (C=O) groups is 1. The molecule has 0 saturated carbocycles. The van der Waals surface area contributed by atoms with Crippen molar-refractivity contribution in [2.45, 2.75) is 6.92 Å². The fourth-order valence-electron chi connectivity index (χ4n) is 2.33. The minimum absolute atomic E-state index is 0.0611. The van der Waals surface area contributed by atoms with E-state index in [2.05, 4.69) is 10.3 Å². The summed E-state index contributed by atoms with van der Waals surface area (Å²) >= 11 is 1.36. The Morgan fingerprint density at radius 3 is 2.60 bits per heavy atom. The van der Waals surface area contributed by atoms with Gasteiger partial charge in [-0.3, -0.25) is 10.1 Å². The highest BCUT2D eigenvalue weighted by Gasteiger charge is 2.12. The number of nitrogens with zero attached hydrogens (tertiary/aromatic N) is 1. The molecule has 0 saturated heterocycles. The van der Waals surface area contributed by atoms with Crippen molar-refractivity contribution in [3.63, 3.8) is 0 Å². The van der Waals surface area contributed by atoms with Crippen molar-refractivity contribution in [2.75, 3.05) is 19.0 Å². The van der Waals surface area contributed by atoms with Gasteiger partial charge in [-0.2, -0.15) is 0 Å². The summed E-state index contributed by atoms with van der Waals surface area (Å²) in [6.07, 6.45) is 0. The molecule has 1 heterocycles. The number of ether oxygens (including phenoxy) is 2. The van der Waals surface area contributed by atoms with E-state index >= 15 is 0 Å². The van der Waals surface area contributed by atoms with Gasteiger partial charge < -0.3 is 9.47 Å². The van der Waals surface area contributed by atoms with E-state index in [1.54, 1.807) is 7.11 Å². The van der Waals surface area contributed by atoms with Crippen LogP contribution in [0, 0.1) is 6.92 Å². The first-order chi connectivity index (χ1) is 12.2. The number of aryl methyl sites for hydroxylation is 1. The second kappa shape index (κ2) is 7.81. The number of benzene rings is 2. The second-order valence-corrected chi connectivity index (χ2v) is 6.20. The summed E-state index contributed by atoms with van der Waals surface area (Å²) in [5.41, 5.74) is 2.64. The first kappa shape index (κ1) is 17.0. The fourth-order valence-corrected chi connectivity index (χ4v) is 3.05. The first-order valence-electron chi connectivity index (χ1n) is 7.74. The highest BCUT2D eigenvalue weighted by atomic mass is 32.1. The van der Waals surface area contributed by atoms with Crippen LogP contribution in [-0.4, -0.2) is 24.6 Å². The summed E-state index contributed by atoms with van der Waals surface area (Å²) in [6.45, 7) is 1.88. The van der Waals surface area contributed by atoms with Gasteiger partial charge in [0.25, 0.3) is 5.91 Å². The average molecular weight is 354 g/mol.